The number of rotatable bonds is 5. The molecule has 0 aliphatic heterocycles. The summed E-state index contributed by atoms with van der Waals surface area (Å²) in [7, 11) is 0. The van der Waals surface area contributed by atoms with E-state index in [2.05, 4.69) is 5.32 Å². The number of phenolic OH excluding ortho intramolecular Hbond substituents is 1. The minimum atomic E-state index is -1.14. The van der Waals surface area contributed by atoms with Crippen LogP contribution in [0.15, 0.2) is 53.4 Å². The van der Waals surface area contributed by atoms with Crippen LogP contribution in [0.5, 0.6) is 5.75 Å². The number of anilines is 1. The first-order valence-electron chi connectivity index (χ1n) is 6.10. The van der Waals surface area contributed by atoms with Crippen molar-refractivity contribution in [1.29, 1.82) is 0 Å². The Labute approximate surface area is 125 Å². The van der Waals surface area contributed by atoms with Gasteiger partial charge in [-0.05, 0) is 30.3 Å². The highest BCUT2D eigenvalue weighted by Gasteiger charge is 2.10. The van der Waals surface area contributed by atoms with E-state index in [1.54, 1.807) is 0 Å². The fourth-order valence-corrected chi connectivity index (χ4v) is 2.34. The second kappa shape index (κ2) is 6.81. The van der Waals surface area contributed by atoms with Gasteiger partial charge < -0.3 is 15.5 Å². The highest BCUT2D eigenvalue weighted by molar-refractivity contribution is 8.00. The van der Waals surface area contributed by atoms with Crippen LogP contribution in [0.4, 0.5) is 5.69 Å². The average Bonchev–Trinajstić information content (AvgIpc) is 2.48. The normalized spacial score (nSPS) is 10.1. The van der Waals surface area contributed by atoms with Gasteiger partial charge in [0.15, 0.2) is 0 Å². The van der Waals surface area contributed by atoms with Crippen molar-refractivity contribution < 1.29 is 19.8 Å². The highest BCUT2D eigenvalue weighted by atomic mass is 32.2. The summed E-state index contributed by atoms with van der Waals surface area (Å²) >= 11 is 1.37. The van der Waals surface area contributed by atoms with Crippen LogP contribution >= 0.6 is 11.8 Å². The van der Waals surface area contributed by atoms with Gasteiger partial charge in [-0.15, -0.1) is 11.8 Å². The van der Waals surface area contributed by atoms with Crippen LogP contribution in [0.1, 0.15) is 10.4 Å². The Morgan fingerprint density at radius 2 is 1.81 bits per heavy atom. The lowest BCUT2D eigenvalue weighted by Crippen LogP contribution is -2.14. The van der Waals surface area contributed by atoms with E-state index in [9.17, 15) is 14.7 Å². The van der Waals surface area contributed by atoms with Crippen molar-refractivity contribution in [3.8, 4) is 5.75 Å². The van der Waals surface area contributed by atoms with Gasteiger partial charge >= 0.3 is 5.97 Å². The summed E-state index contributed by atoms with van der Waals surface area (Å²) in [6.07, 6.45) is 0. The molecule has 0 atom stereocenters. The summed E-state index contributed by atoms with van der Waals surface area (Å²) in [6, 6.07) is 13.3. The molecule has 0 aromatic heterocycles. The lowest BCUT2D eigenvalue weighted by Gasteiger charge is -2.08. The van der Waals surface area contributed by atoms with Gasteiger partial charge in [0.2, 0.25) is 5.91 Å². The van der Waals surface area contributed by atoms with E-state index < -0.39 is 5.97 Å². The molecule has 2 aromatic carbocycles. The van der Waals surface area contributed by atoms with E-state index in [0.29, 0.717) is 0 Å². The van der Waals surface area contributed by atoms with Gasteiger partial charge in [-0.2, -0.15) is 0 Å². The van der Waals surface area contributed by atoms with Gasteiger partial charge in [0.25, 0.3) is 0 Å². The molecule has 0 bridgehead atoms. The van der Waals surface area contributed by atoms with Crippen LogP contribution in [0.3, 0.4) is 0 Å². The van der Waals surface area contributed by atoms with Gasteiger partial charge in [-0.1, -0.05) is 18.2 Å². The van der Waals surface area contributed by atoms with Crippen LogP contribution < -0.4 is 5.32 Å². The molecule has 1 amide bonds. The van der Waals surface area contributed by atoms with E-state index in [1.165, 1.54) is 23.9 Å². The zero-order valence-electron chi connectivity index (χ0n) is 10.9. The molecule has 0 radical (unpaired) electrons. The van der Waals surface area contributed by atoms with E-state index in [1.807, 2.05) is 30.3 Å². The Balaban J connectivity index is 1.95. The topological polar surface area (TPSA) is 86.6 Å². The molecular formula is C15H13NO4S. The molecule has 0 saturated heterocycles. The molecule has 108 valence electrons. The van der Waals surface area contributed by atoms with Gasteiger partial charge in [0.1, 0.15) is 5.75 Å². The molecule has 21 heavy (non-hydrogen) atoms. The number of hydrogen-bond donors (Lipinski definition) is 3. The average molecular weight is 303 g/mol. The third-order valence-electron chi connectivity index (χ3n) is 2.63. The van der Waals surface area contributed by atoms with E-state index >= 15 is 0 Å². The maximum atomic E-state index is 11.8. The van der Waals surface area contributed by atoms with Crippen molar-refractivity contribution in [1.82, 2.24) is 0 Å². The fraction of sp³-hybridized carbons (Fsp3) is 0.0667. The van der Waals surface area contributed by atoms with Crippen molar-refractivity contribution in [2.45, 2.75) is 4.90 Å². The molecule has 3 N–H and O–H groups in total. The quantitative estimate of drug-likeness (QED) is 0.584. The zero-order valence-corrected chi connectivity index (χ0v) is 11.8. The van der Waals surface area contributed by atoms with Crippen LogP contribution in [0.25, 0.3) is 0 Å². The maximum absolute atomic E-state index is 11.8. The first-order valence-corrected chi connectivity index (χ1v) is 7.09. The van der Waals surface area contributed by atoms with Gasteiger partial charge in [-0.3, -0.25) is 4.79 Å². The minimum absolute atomic E-state index is 0.0378. The number of thioether (sulfide) groups is 1. The number of aromatic carboxylic acids is 1. The molecule has 5 nitrogen and oxygen atoms in total. The van der Waals surface area contributed by atoms with Crippen molar-refractivity contribution in [2.75, 3.05) is 11.1 Å². The maximum Gasteiger partial charge on any atom is 0.335 e. The van der Waals surface area contributed by atoms with Crippen LogP contribution in [-0.4, -0.2) is 27.8 Å². The lowest BCUT2D eigenvalue weighted by molar-refractivity contribution is -0.113. The standard InChI is InChI=1S/C15H13NO4S/c17-13-8-10(15(19)20)6-7-12(13)16-14(18)9-21-11-4-2-1-3-5-11/h1-8,17H,9H2,(H,16,18)(H,19,20). The van der Waals surface area contributed by atoms with Gasteiger partial charge in [0, 0.05) is 4.90 Å². The van der Waals surface area contributed by atoms with Crippen molar-refractivity contribution in [2.24, 2.45) is 0 Å². The SMILES string of the molecule is O=C(CSc1ccccc1)Nc1ccc(C(=O)O)cc1O. The molecule has 2 aromatic rings. The summed E-state index contributed by atoms with van der Waals surface area (Å²) in [5, 5.41) is 21.0. The Hall–Kier alpha value is -2.47. The molecule has 6 heteroatoms. The number of hydrogen-bond acceptors (Lipinski definition) is 4. The van der Waals surface area contributed by atoms with Gasteiger partial charge in [-0.25, -0.2) is 4.79 Å². The number of phenols is 1. The molecule has 0 aliphatic rings. The summed E-state index contributed by atoms with van der Waals surface area (Å²) in [6.45, 7) is 0. The number of carbonyl (C=O) groups excluding carboxylic acids is 1. The first-order chi connectivity index (χ1) is 10.1. The second-order valence-electron chi connectivity index (χ2n) is 4.19. The van der Waals surface area contributed by atoms with E-state index in [4.69, 9.17) is 5.11 Å². The predicted octanol–water partition coefficient (Wildman–Crippen LogP) is 2.82. The summed E-state index contributed by atoms with van der Waals surface area (Å²) in [5.74, 6) is -1.48. The molecule has 0 heterocycles. The summed E-state index contributed by atoms with van der Waals surface area (Å²) < 4.78 is 0. The van der Waals surface area contributed by atoms with Crippen molar-refractivity contribution in [3.63, 3.8) is 0 Å². The molecule has 0 saturated carbocycles. The van der Waals surface area contributed by atoms with Gasteiger partial charge in [0.05, 0.1) is 17.0 Å². The smallest absolute Gasteiger partial charge is 0.335 e. The molecule has 0 aliphatic carbocycles. The van der Waals surface area contributed by atoms with Crippen LogP contribution in [0, 0.1) is 0 Å². The largest absolute Gasteiger partial charge is 0.506 e. The monoisotopic (exact) mass is 303 g/mol. The third kappa shape index (κ3) is 4.25. The van der Waals surface area contributed by atoms with Crippen LogP contribution in [-0.2, 0) is 4.79 Å². The number of carbonyl (C=O) groups is 2. The minimum Gasteiger partial charge on any atom is -0.506 e. The van der Waals surface area contributed by atoms with Crippen molar-refractivity contribution >= 4 is 29.3 Å². The van der Waals surface area contributed by atoms with Crippen molar-refractivity contribution in [3.05, 3.63) is 54.1 Å². The molecule has 0 unspecified atom stereocenters. The number of carboxylic acid groups (broad SMARTS) is 1. The second-order valence-corrected chi connectivity index (χ2v) is 5.24. The molecule has 0 spiro atoms. The summed E-state index contributed by atoms with van der Waals surface area (Å²) in [4.78, 5) is 23.5. The lowest BCUT2D eigenvalue weighted by atomic mass is 10.2. The van der Waals surface area contributed by atoms with Crippen LogP contribution in [0.2, 0.25) is 0 Å². The Bertz CT molecular complexity index is 658. The number of carboxylic acids is 1. The van der Waals surface area contributed by atoms with E-state index in [0.717, 1.165) is 11.0 Å². The highest BCUT2D eigenvalue weighted by Crippen LogP contribution is 2.25. The number of nitrogens with one attached hydrogen (secondary N) is 1. The van der Waals surface area contributed by atoms with E-state index in [-0.39, 0.29) is 28.7 Å². The number of aromatic hydroxyl groups is 1. The Morgan fingerprint density at radius 1 is 1.10 bits per heavy atom. The first kappa shape index (κ1) is 14.9. The fourth-order valence-electron chi connectivity index (χ4n) is 1.62. The molecule has 0 fully saturated rings. The Kier molecular flexibility index (Phi) is 4.84. The molecule has 2 rings (SSSR count). The Morgan fingerprint density at radius 3 is 2.43 bits per heavy atom. The number of benzene rings is 2. The third-order valence-corrected chi connectivity index (χ3v) is 3.64. The zero-order chi connectivity index (χ0) is 15.2. The number of amides is 1. The summed E-state index contributed by atoms with van der Waals surface area (Å²) in [5.41, 5.74) is 0.155. The molecular weight excluding hydrogens is 290 g/mol. The predicted molar refractivity (Wildman–Crippen MR) is 80.9 cm³/mol.